The van der Waals surface area contributed by atoms with Crippen LogP contribution in [0.25, 0.3) is 0 Å². The SMILES string of the molecule is CCC(C)NC(=O)n1nc(C2CC2)n(NC)c1=O. The van der Waals surface area contributed by atoms with Crippen molar-refractivity contribution in [3.63, 3.8) is 0 Å². The summed E-state index contributed by atoms with van der Waals surface area (Å²) in [6, 6.07) is -0.446. The molecule has 1 aliphatic rings. The second-order valence-corrected chi connectivity index (χ2v) is 4.64. The predicted octanol–water partition coefficient (Wildman–Crippen LogP) is 0.452. The average Bonchev–Trinajstić information content (AvgIpc) is 3.13. The van der Waals surface area contributed by atoms with Gasteiger partial charge >= 0.3 is 11.7 Å². The summed E-state index contributed by atoms with van der Waals surface area (Å²) in [6.07, 6.45) is 2.85. The van der Waals surface area contributed by atoms with Crippen molar-refractivity contribution >= 4 is 6.03 Å². The molecule has 1 aromatic rings. The number of hydrogen-bond acceptors (Lipinski definition) is 4. The third-order valence-electron chi connectivity index (χ3n) is 3.14. The monoisotopic (exact) mass is 253 g/mol. The quantitative estimate of drug-likeness (QED) is 0.816. The molecule has 7 heteroatoms. The van der Waals surface area contributed by atoms with Crippen LogP contribution < -0.4 is 16.4 Å². The van der Waals surface area contributed by atoms with Crippen molar-refractivity contribution in [1.82, 2.24) is 19.8 Å². The van der Waals surface area contributed by atoms with Crippen LogP contribution in [0, 0.1) is 0 Å². The number of carbonyl (C=O) groups excluding carboxylic acids is 1. The smallest absolute Gasteiger partial charge is 0.334 e. The highest BCUT2D eigenvalue weighted by Gasteiger charge is 2.32. The molecule has 2 N–H and O–H groups in total. The summed E-state index contributed by atoms with van der Waals surface area (Å²) in [6.45, 7) is 3.86. The van der Waals surface area contributed by atoms with Gasteiger partial charge in [-0.2, -0.15) is 4.68 Å². The highest BCUT2D eigenvalue weighted by molar-refractivity contribution is 5.75. The van der Waals surface area contributed by atoms with E-state index in [1.165, 1.54) is 4.68 Å². The van der Waals surface area contributed by atoms with Crippen LogP contribution in [-0.4, -0.2) is 33.6 Å². The van der Waals surface area contributed by atoms with E-state index in [1.54, 1.807) is 7.05 Å². The maximum Gasteiger partial charge on any atom is 0.373 e. The average molecular weight is 253 g/mol. The molecular formula is C11H19N5O2. The second kappa shape index (κ2) is 4.83. The molecule has 1 atom stereocenters. The minimum Gasteiger partial charge on any atom is -0.334 e. The van der Waals surface area contributed by atoms with Crippen molar-refractivity contribution in [2.75, 3.05) is 12.5 Å². The number of rotatable bonds is 4. The summed E-state index contributed by atoms with van der Waals surface area (Å²) in [5.74, 6) is 0.935. The van der Waals surface area contributed by atoms with Gasteiger partial charge in [0.2, 0.25) is 0 Å². The third kappa shape index (κ3) is 2.25. The molecule has 0 spiro atoms. The first-order valence-electron chi connectivity index (χ1n) is 6.29. The molecule has 0 aromatic carbocycles. The van der Waals surface area contributed by atoms with Gasteiger partial charge in [0.15, 0.2) is 5.82 Å². The van der Waals surface area contributed by atoms with Crippen molar-refractivity contribution < 1.29 is 4.79 Å². The van der Waals surface area contributed by atoms with Gasteiger partial charge in [-0.15, -0.1) is 9.78 Å². The van der Waals surface area contributed by atoms with Crippen molar-refractivity contribution in [2.45, 2.75) is 45.1 Å². The lowest BCUT2D eigenvalue weighted by Crippen LogP contribution is -2.42. The zero-order valence-electron chi connectivity index (χ0n) is 10.9. The molecule has 0 aliphatic heterocycles. The molecule has 0 saturated heterocycles. The van der Waals surface area contributed by atoms with E-state index in [0.717, 1.165) is 23.9 Å². The molecule has 0 bridgehead atoms. The Morgan fingerprint density at radius 2 is 2.22 bits per heavy atom. The number of aromatic nitrogens is 3. The number of amides is 1. The molecule has 1 aromatic heterocycles. The number of nitrogens with one attached hydrogen (secondary N) is 2. The standard InChI is InChI=1S/C11H19N5O2/c1-4-7(2)13-10(17)16-11(18)15(12-3)9(14-16)8-5-6-8/h7-8,12H,4-6H2,1-3H3,(H,13,17). The van der Waals surface area contributed by atoms with Crippen molar-refractivity contribution in [3.8, 4) is 0 Å². The maximum atomic E-state index is 12.0. The minimum absolute atomic E-state index is 0.0218. The lowest BCUT2D eigenvalue weighted by molar-refractivity contribution is 0.235. The Labute approximate surface area is 105 Å². The van der Waals surface area contributed by atoms with Gasteiger partial charge in [-0.05, 0) is 26.2 Å². The van der Waals surface area contributed by atoms with Gasteiger partial charge in [0.05, 0.1) is 0 Å². The zero-order chi connectivity index (χ0) is 13.3. The van der Waals surface area contributed by atoms with E-state index in [4.69, 9.17) is 0 Å². The topological polar surface area (TPSA) is 81.0 Å². The normalized spacial score (nSPS) is 16.4. The third-order valence-corrected chi connectivity index (χ3v) is 3.14. The van der Waals surface area contributed by atoms with Gasteiger partial charge in [0, 0.05) is 19.0 Å². The lowest BCUT2D eigenvalue weighted by Gasteiger charge is -2.09. The fourth-order valence-electron chi connectivity index (χ4n) is 1.70. The van der Waals surface area contributed by atoms with Crippen LogP contribution in [-0.2, 0) is 0 Å². The van der Waals surface area contributed by atoms with Crippen LogP contribution in [0.3, 0.4) is 0 Å². The van der Waals surface area contributed by atoms with Crippen LogP contribution >= 0.6 is 0 Å². The molecule has 2 rings (SSSR count). The first kappa shape index (κ1) is 12.7. The Morgan fingerprint density at radius 1 is 1.56 bits per heavy atom. The molecule has 100 valence electrons. The molecule has 1 amide bonds. The number of carbonyl (C=O) groups is 1. The van der Waals surface area contributed by atoms with E-state index in [9.17, 15) is 9.59 Å². The summed E-state index contributed by atoms with van der Waals surface area (Å²) in [5, 5.41) is 6.85. The summed E-state index contributed by atoms with van der Waals surface area (Å²) >= 11 is 0. The molecule has 1 heterocycles. The van der Waals surface area contributed by atoms with Gasteiger partial charge in [0.25, 0.3) is 0 Å². The van der Waals surface area contributed by atoms with Gasteiger partial charge in [-0.3, -0.25) is 0 Å². The molecule has 1 unspecified atom stereocenters. The van der Waals surface area contributed by atoms with E-state index < -0.39 is 11.7 Å². The molecule has 1 aliphatic carbocycles. The molecule has 7 nitrogen and oxygen atoms in total. The van der Waals surface area contributed by atoms with Gasteiger partial charge < -0.3 is 10.7 Å². The molecule has 18 heavy (non-hydrogen) atoms. The van der Waals surface area contributed by atoms with Crippen LogP contribution in [0.2, 0.25) is 0 Å². The lowest BCUT2D eigenvalue weighted by atomic mass is 10.3. The van der Waals surface area contributed by atoms with Crippen LogP contribution in [0.15, 0.2) is 4.79 Å². The largest absolute Gasteiger partial charge is 0.373 e. The molecule has 1 saturated carbocycles. The van der Waals surface area contributed by atoms with Gasteiger partial charge in [-0.1, -0.05) is 6.92 Å². The Kier molecular flexibility index (Phi) is 3.40. The Morgan fingerprint density at radius 3 is 2.72 bits per heavy atom. The van der Waals surface area contributed by atoms with Gasteiger partial charge in [-0.25, -0.2) is 9.59 Å². The van der Waals surface area contributed by atoms with Crippen LogP contribution in [0.5, 0.6) is 0 Å². The fourth-order valence-corrected chi connectivity index (χ4v) is 1.70. The highest BCUT2D eigenvalue weighted by Crippen LogP contribution is 2.38. The first-order chi connectivity index (χ1) is 8.58. The summed E-state index contributed by atoms with van der Waals surface area (Å²) in [5.41, 5.74) is 2.32. The number of nitrogens with zero attached hydrogens (tertiary/aromatic N) is 3. The molecule has 0 radical (unpaired) electrons. The first-order valence-corrected chi connectivity index (χ1v) is 6.29. The van der Waals surface area contributed by atoms with Crippen LogP contribution in [0.1, 0.15) is 44.9 Å². The van der Waals surface area contributed by atoms with Crippen molar-refractivity contribution in [1.29, 1.82) is 0 Å². The van der Waals surface area contributed by atoms with E-state index in [0.29, 0.717) is 11.7 Å². The predicted molar refractivity (Wildman–Crippen MR) is 67.4 cm³/mol. The van der Waals surface area contributed by atoms with Crippen molar-refractivity contribution in [2.24, 2.45) is 0 Å². The van der Waals surface area contributed by atoms with E-state index in [1.807, 2.05) is 13.8 Å². The Bertz CT molecular complexity index is 500. The van der Waals surface area contributed by atoms with E-state index in [2.05, 4.69) is 15.8 Å². The van der Waals surface area contributed by atoms with Crippen molar-refractivity contribution in [3.05, 3.63) is 16.3 Å². The summed E-state index contributed by atoms with van der Waals surface area (Å²) in [7, 11) is 1.64. The summed E-state index contributed by atoms with van der Waals surface area (Å²) in [4.78, 5) is 23.9. The second-order valence-electron chi connectivity index (χ2n) is 4.64. The zero-order valence-corrected chi connectivity index (χ0v) is 10.9. The highest BCUT2D eigenvalue weighted by atomic mass is 16.2. The molecular weight excluding hydrogens is 234 g/mol. The van der Waals surface area contributed by atoms with E-state index in [-0.39, 0.29) is 6.04 Å². The Hall–Kier alpha value is -1.79. The molecule has 1 fully saturated rings. The van der Waals surface area contributed by atoms with Gasteiger partial charge in [0.1, 0.15) is 0 Å². The van der Waals surface area contributed by atoms with Crippen LogP contribution in [0.4, 0.5) is 4.79 Å². The van der Waals surface area contributed by atoms with E-state index >= 15 is 0 Å². The summed E-state index contributed by atoms with van der Waals surface area (Å²) < 4.78 is 2.24. The fraction of sp³-hybridized carbons (Fsp3) is 0.727. The maximum absolute atomic E-state index is 12.0. The minimum atomic E-state index is -0.467. The number of hydrogen-bond donors (Lipinski definition) is 2. The Balaban J connectivity index is 2.28.